The van der Waals surface area contributed by atoms with E-state index in [0.29, 0.717) is 6.10 Å². The Kier molecular flexibility index (Phi) is 2.90. The van der Waals surface area contributed by atoms with Crippen molar-refractivity contribution in [3.8, 4) is 0 Å². The fourth-order valence-corrected chi connectivity index (χ4v) is 0.931. The number of ether oxygens (including phenoxy) is 2. The number of methoxy groups -OCH3 is 1. The Morgan fingerprint density at radius 2 is 2.50 bits per heavy atom. The molecule has 1 saturated heterocycles. The van der Waals surface area contributed by atoms with Crippen LogP contribution in [0.2, 0.25) is 0 Å². The summed E-state index contributed by atoms with van der Waals surface area (Å²) >= 11 is 0. The molecule has 0 spiro atoms. The molecule has 0 aromatic carbocycles. The molecule has 0 N–H and O–H groups in total. The Hall–Kier alpha value is -0.340. The van der Waals surface area contributed by atoms with Gasteiger partial charge in [0.05, 0.1) is 18.8 Å². The summed E-state index contributed by atoms with van der Waals surface area (Å²) in [6.07, 6.45) is 5.78. The highest BCUT2D eigenvalue weighted by molar-refractivity contribution is 4.90. The smallest absolute Gasteiger partial charge is 0.0837 e. The second-order valence-corrected chi connectivity index (χ2v) is 2.49. The summed E-state index contributed by atoms with van der Waals surface area (Å²) in [5.74, 6) is 0. The highest BCUT2D eigenvalue weighted by atomic mass is 16.6. The van der Waals surface area contributed by atoms with E-state index in [1.54, 1.807) is 7.11 Å². The van der Waals surface area contributed by atoms with Gasteiger partial charge in [0.1, 0.15) is 0 Å². The molecule has 2 heteroatoms. The normalized spacial score (nSPS) is 27.2. The summed E-state index contributed by atoms with van der Waals surface area (Å²) in [6, 6.07) is 0. The van der Waals surface area contributed by atoms with Crippen molar-refractivity contribution in [3.63, 3.8) is 0 Å². The number of hydrogen-bond donors (Lipinski definition) is 0. The number of rotatable bonds is 4. The van der Waals surface area contributed by atoms with Crippen molar-refractivity contribution < 1.29 is 9.47 Å². The summed E-state index contributed by atoms with van der Waals surface area (Å²) in [4.78, 5) is 0. The predicted molar refractivity (Wildman–Crippen MR) is 40.0 cm³/mol. The molecule has 0 amide bonds. The molecular formula is C8H14O2. The fraction of sp³-hybridized carbons (Fsp3) is 0.750. The molecule has 1 aliphatic rings. The van der Waals surface area contributed by atoms with E-state index < -0.39 is 0 Å². The largest absolute Gasteiger partial charge is 0.377 e. The van der Waals surface area contributed by atoms with E-state index >= 15 is 0 Å². The molecule has 10 heavy (non-hydrogen) atoms. The van der Waals surface area contributed by atoms with Crippen LogP contribution in [0.4, 0.5) is 0 Å². The lowest BCUT2D eigenvalue weighted by atomic mass is 10.2. The molecule has 0 aromatic rings. The van der Waals surface area contributed by atoms with Gasteiger partial charge in [-0.15, -0.1) is 0 Å². The van der Waals surface area contributed by atoms with Gasteiger partial charge in [-0.1, -0.05) is 12.2 Å². The lowest BCUT2D eigenvalue weighted by molar-refractivity contribution is 0.125. The highest BCUT2D eigenvalue weighted by Gasteiger charge is 2.25. The third-order valence-electron chi connectivity index (χ3n) is 1.61. The van der Waals surface area contributed by atoms with Gasteiger partial charge >= 0.3 is 0 Å². The Morgan fingerprint density at radius 1 is 1.80 bits per heavy atom. The maximum Gasteiger partial charge on any atom is 0.0837 e. The highest BCUT2D eigenvalue weighted by Crippen LogP contribution is 2.17. The van der Waals surface area contributed by atoms with Crippen LogP contribution in [0.3, 0.4) is 0 Å². The summed E-state index contributed by atoms with van der Waals surface area (Å²) in [5.41, 5.74) is 0. The molecule has 1 heterocycles. The predicted octanol–water partition coefficient (Wildman–Crippen LogP) is 1.37. The zero-order chi connectivity index (χ0) is 7.40. The molecule has 1 aliphatic heterocycles. The molecule has 2 unspecified atom stereocenters. The van der Waals surface area contributed by atoms with Crippen LogP contribution in [0, 0.1) is 0 Å². The zero-order valence-electron chi connectivity index (χ0n) is 6.54. The molecule has 2 atom stereocenters. The van der Waals surface area contributed by atoms with Crippen molar-refractivity contribution in [3.05, 3.63) is 12.2 Å². The Bertz CT molecular complexity index is 116. The van der Waals surface area contributed by atoms with Crippen LogP contribution < -0.4 is 0 Å². The molecule has 0 aliphatic carbocycles. The first kappa shape index (κ1) is 7.76. The van der Waals surface area contributed by atoms with Gasteiger partial charge in [-0.2, -0.15) is 0 Å². The van der Waals surface area contributed by atoms with Crippen LogP contribution in [-0.2, 0) is 9.47 Å². The Morgan fingerprint density at radius 3 is 2.90 bits per heavy atom. The first-order valence-corrected chi connectivity index (χ1v) is 3.64. The van der Waals surface area contributed by atoms with E-state index in [0.717, 1.165) is 13.0 Å². The molecule has 0 saturated carbocycles. The molecule has 2 nitrogen and oxygen atoms in total. The van der Waals surface area contributed by atoms with Gasteiger partial charge in [0.25, 0.3) is 0 Å². The minimum Gasteiger partial charge on any atom is -0.377 e. The zero-order valence-corrected chi connectivity index (χ0v) is 6.54. The van der Waals surface area contributed by atoms with Crippen molar-refractivity contribution >= 4 is 0 Å². The average molecular weight is 142 g/mol. The van der Waals surface area contributed by atoms with Crippen LogP contribution in [-0.4, -0.2) is 25.9 Å². The van der Waals surface area contributed by atoms with Gasteiger partial charge < -0.3 is 9.47 Å². The summed E-state index contributed by atoms with van der Waals surface area (Å²) in [6.45, 7) is 2.91. The van der Waals surface area contributed by atoms with Crippen molar-refractivity contribution in [2.75, 3.05) is 13.7 Å². The number of hydrogen-bond acceptors (Lipinski definition) is 2. The summed E-state index contributed by atoms with van der Waals surface area (Å²) in [5, 5.41) is 0. The monoisotopic (exact) mass is 142 g/mol. The minimum atomic E-state index is 0.248. The van der Waals surface area contributed by atoms with Crippen molar-refractivity contribution in [1.29, 1.82) is 0 Å². The van der Waals surface area contributed by atoms with Crippen LogP contribution in [0.5, 0.6) is 0 Å². The van der Waals surface area contributed by atoms with Gasteiger partial charge in [-0.05, 0) is 6.92 Å². The van der Waals surface area contributed by atoms with Crippen LogP contribution in [0.15, 0.2) is 12.2 Å². The van der Waals surface area contributed by atoms with Gasteiger partial charge in [-0.25, -0.2) is 0 Å². The summed E-state index contributed by atoms with van der Waals surface area (Å²) < 4.78 is 10.2. The maximum atomic E-state index is 5.17. The average Bonchev–Trinajstić information content (AvgIpc) is 2.71. The van der Waals surface area contributed by atoms with E-state index in [4.69, 9.17) is 9.47 Å². The third kappa shape index (κ3) is 2.50. The number of allylic oxidation sites excluding steroid dienone is 1. The van der Waals surface area contributed by atoms with Gasteiger partial charge in [0, 0.05) is 13.5 Å². The van der Waals surface area contributed by atoms with E-state index in [-0.39, 0.29) is 6.10 Å². The molecule has 0 aromatic heterocycles. The quantitative estimate of drug-likeness (QED) is 0.437. The van der Waals surface area contributed by atoms with E-state index in [2.05, 4.69) is 6.08 Å². The van der Waals surface area contributed by atoms with E-state index in [1.165, 1.54) is 0 Å². The second-order valence-electron chi connectivity index (χ2n) is 2.49. The topological polar surface area (TPSA) is 21.8 Å². The Balaban J connectivity index is 2.17. The van der Waals surface area contributed by atoms with Crippen LogP contribution in [0.1, 0.15) is 13.3 Å². The molecule has 1 fully saturated rings. The van der Waals surface area contributed by atoms with E-state index in [9.17, 15) is 0 Å². The van der Waals surface area contributed by atoms with Crippen molar-refractivity contribution in [1.82, 2.24) is 0 Å². The lowest BCUT2D eigenvalue weighted by Crippen LogP contribution is -2.09. The molecular weight excluding hydrogens is 128 g/mol. The minimum absolute atomic E-state index is 0.248. The SMILES string of the molecule is C/C=C/C(CC1CO1)OC. The van der Waals surface area contributed by atoms with Gasteiger partial charge in [0.2, 0.25) is 0 Å². The van der Waals surface area contributed by atoms with Gasteiger partial charge in [0.15, 0.2) is 0 Å². The molecule has 0 radical (unpaired) electrons. The Labute approximate surface area is 61.8 Å². The maximum absolute atomic E-state index is 5.17. The second kappa shape index (κ2) is 3.74. The summed E-state index contributed by atoms with van der Waals surface area (Å²) in [7, 11) is 1.73. The van der Waals surface area contributed by atoms with Crippen molar-refractivity contribution in [2.45, 2.75) is 25.6 Å². The van der Waals surface area contributed by atoms with Gasteiger partial charge in [-0.3, -0.25) is 0 Å². The number of epoxide rings is 1. The third-order valence-corrected chi connectivity index (χ3v) is 1.61. The lowest BCUT2D eigenvalue weighted by Gasteiger charge is -2.07. The molecule has 1 rings (SSSR count). The van der Waals surface area contributed by atoms with Crippen LogP contribution in [0.25, 0.3) is 0 Å². The first-order chi connectivity index (χ1) is 4.86. The van der Waals surface area contributed by atoms with Crippen LogP contribution >= 0.6 is 0 Å². The molecule has 58 valence electrons. The fourth-order valence-electron chi connectivity index (χ4n) is 0.931. The van der Waals surface area contributed by atoms with E-state index in [1.807, 2.05) is 13.0 Å². The first-order valence-electron chi connectivity index (χ1n) is 3.64. The van der Waals surface area contributed by atoms with Crippen molar-refractivity contribution in [2.24, 2.45) is 0 Å². The molecule has 0 bridgehead atoms. The standard InChI is InChI=1S/C8H14O2/c1-3-4-7(9-2)5-8-6-10-8/h3-4,7-8H,5-6H2,1-2H3/b4-3+.